The summed E-state index contributed by atoms with van der Waals surface area (Å²) in [7, 11) is 0. The summed E-state index contributed by atoms with van der Waals surface area (Å²) in [5.41, 5.74) is 1.28. The quantitative estimate of drug-likeness (QED) is 0.497. The average Bonchev–Trinajstić information content (AvgIpc) is 2.64. The second-order valence-corrected chi connectivity index (χ2v) is 4.61. The molecule has 1 aliphatic heterocycles. The fourth-order valence-corrected chi connectivity index (χ4v) is 2.04. The highest BCUT2D eigenvalue weighted by atomic mass is 16.5. The zero-order valence-electron chi connectivity index (χ0n) is 10.9. The van der Waals surface area contributed by atoms with Crippen LogP contribution in [0.25, 0.3) is 0 Å². The van der Waals surface area contributed by atoms with Gasteiger partial charge in [0, 0.05) is 12.1 Å². The third-order valence-corrected chi connectivity index (χ3v) is 3.16. The number of nitrogens with one attached hydrogen (secondary N) is 1. The van der Waals surface area contributed by atoms with Crippen molar-refractivity contribution in [3.05, 3.63) is 29.8 Å². The molecule has 2 rings (SSSR count). The van der Waals surface area contributed by atoms with E-state index in [1.807, 2.05) is 12.1 Å². The van der Waals surface area contributed by atoms with Crippen molar-refractivity contribution >= 4 is 11.6 Å². The van der Waals surface area contributed by atoms with Gasteiger partial charge in [-0.15, -0.1) is 0 Å². The molecular formula is C14H18N2O3. The summed E-state index contributed by atoms with van der Waals surface area (Å²) >= 11 is 0. The van der Waals surface area contributed by atoms with Gasteiger partial charge in [0.1, 0.15) is 5.75 Å². The van der Waals surface area contributed by atoms with E-state index in [4.69, 9.17) is 9.94 Å². The van der Waals surface area contributed by atoms with Crippen LogP contribution in [0.2, 0.25) is 0 Å². The van der Waals surface area contributed by atoms with Crippen molar-refractivity contribution < 1.29 is 14.7 Å². The molecule has 0 spiro atoms. The number of carbonyl (C=O) groups excluding carboxylic acids is 1. The van der Waals surface area contributed by atoms with Gasteiger partial charge < -0.3 is 15.3 Å². The molecule has 2 N–H and O–H groups in total. The lowest BCUT2D eigenvalue weighted by atomic mass is 10.1. The number of hydrogen-bond acceptors (Lipinski definition) is 4. The second kappa shape index (κ2) is 6.22. The standard InChI is InChI=1S/C14H18N2O3/c1-10(16-18)11-5-4-6-12(9-11)19-13-7-2-3-8-15-14(13)17/h4-6,9,13,18H,2-3,7-8H2,1H3,(H,15,17)/b16-10+. The lowest BCUT2D eigenvalue weighted by molar-refractivity contribution is -0.127. The minimum atomic E-state index is -0.441. The van der Waals surface area contributed by atoms with Crippen LogP contribution in [0.1, 0.15) is 31.7 Å². The molecule has 1 aliphatic rings. The Morgan fingerprint density at radius 2 is 2.32 bits per heavy atom. The molecule has 1 amide bonds. The highest BCUT2D eigenvalue weighted by Gasteiger charge is 2.22. The molecule has 19 heavy (non-hydrogen) atoms. The zero-order chi connectivity index (χ0) is 13.7. The summed E-state index contributed by atoms with van der Waals surface area (Å²) in [6.07, 6.45) is 2.25. The fraction of sp³-hybridized carbons (Fsp3) is 0.429. The van der Waals surface area contributed by atoms with E-state index in [9.17, 15) is 4.79 Å². The van der Waals surface area contributed by atoms with Gasteiger partial charge in [-0.05, 0) is 38.3 Å². The molecule has 0 aliphatic carbocycles. The molecule has 1 atom stereocenters. The van der Waals surface area contributed by atoms with Crippen LogP contribution in [0.15, 0.2) is 29.4 Å². The van der Waals surface area contributed by atoms with Gasteiger partial charge in [0.05, 0.1) is 5.71 Å². The molecule has 5 nitrogen and oxygen atoms in total. The first-order chi connectivity index (χ1) is 9.20. The van der Waals surface area contributed by atoms with Gasteiger partial charge in [-0.3, -0.25) is 4.79 Å². The van der Waals surface area contributed by atoms with Gasteiger partial charge >= 0.3 is 0 Å². The van der Waals surface area contributed by atoms with E-state index in [1.165, 1.54) is 0 Å². The topological polar surface area (TPSA) is 70.9 Å². The Hall–Kier alpha value is -2.04. The van der Waals surface area contributed by atoms with E-state index in [0.29, 0.717) is 11.5 Å². The van der Waals surface area contributed by atoms with Crippen LogP contribution in [-0.2, 0) is 4.79 Å². The van der Waals surface area contributed by atoms with Crippen LogP contribution in [-0.4, -0.2) is 29.5 Å². The first-order valence-electron chi connectivity index (χ1n) is 6.44. The van der Waals surface area contributed by atoms with E-state index in [0.717, 1.165) is 31.4 Å². The number of carbonyl (C=O) groups is 1. The van der Waals surface area contributed by atoms with Gasteiger partial charge in [-0.2, -0.15) is 0 Å². The normalized spacial score (nSPS) is 20.6. The molecule has 0 bridgehead atoms. The van der Waals surface area contributed by atoms with Gasteiger partial charge in [0.2, 0.25) is 0 Å². The monoisotopic (exact) mass is 262 g/mol. The van der Waals surface area contributed by atoms with Gasteiger partial charge in [0.25, 0.3) is 5.91 Å². The molecule has 1 fully saturated rings. The summed E-state index contributed by atoms with van der Waals surface area (Å²) in [6.45, 7) is 2.42. The smallest absolute Gasteiger partial charge is 0.261 e. The van der Waals surface area contributed by atoms with Crippen LogP contribution in [0.5, 0.6) is 5.75 Å². The highest BCUT2D eigenvalue weighted by molar-refractivity contribution is 5.98. The first-order valence-corrected chi connectivity index (χ1v) is 6.44. The summed E-state index contributed by atoms with van der Waals surface area (Å²) in [5, 5.41) is 14.8. The molecule has 0 radical (unpaired) electrons. The number of rotatable bonds is 3. The van der Waals surface area contributed by atoms with Gasteiger partial charge in [0.15, 0.2) is 6.10 Å². The zero-order valence-corrected chi connectivity index (χ0v) is 10.9. The van der Waals surface area contributed by atoms with Crippen molar-refractivity contribution in [3.8, 4) is 5.75 Å². The molecule has 1 heterocycles. The van der Waals surface area contributed by atoms with Crippen molar-refractivity contribution in [2.24, 2.45) is 5.16 Å². The van der Waals surface area contributed by atoms with E-state index in [-0.39, 0.29) is 5.91 Å². The average molecular weight is 262 g/mol. The van der Waals surface area contributed by atoms with Crippen LogP contribution >= 0.6 is 0 Å². The van der Waals surface area contributed by atoms with Crippen molar-refractivity contribution in [1.82, 2.24) is 5.32 Å². The van der Waals surface area contributed by atoms with Crippen molar-refractivity contribution in [1.29, 1.82) is 0 Å². The van der Waals surface area contributed by atoms with Gasteiger partial charge in [-0.25, -0.2) is 0 Å². The molecular weight excluding hydrogens is 244 g/mol. The summed E-state index contributed by atoms with van der Waals surface area (Å²) in [4.78, 5) is 11.8. The van der Waals surface area contributed by atoms with E-state index < -0.39 is 6.10 Å². The number of benzene rings is 1. The molecule has 102 valence electrons. The molecule has 0 saturated carbocycles. The SMILES string of the molecule is C/C(=N\O)c1cccc(OC2CCCCNC2=O)c1. The number of amides is 1. The molecule has 1 aromatic rings. The predicted molar refractivity (Wildman–Crippen MR) is 71.7 cm³/mol. The molecule has 0 aromatic heterocycles. The number of oxime groups is 1. The van der Waals surface area contributed by atoms with Crippen molar-refractivity contribution in [3.63, 3.8) is 0 Å². The van der Waals surface area contributed by atoms with Crippen LogP contribution in [0.4, 0.5) is 0 Å². The molecule has 1 saturated heterocycles. The van der Waals surface area contributed by atoms with E-state index in [1.54, 1.807) is 19.1 Å². The first kappa shape index (κ1) is 13.4. The third kappa shape index (κ3) is 3.47. The Labute approximate surface area is 112 Å². The maximum absolute atomic E-state index is 11.8. The fourth-order valence-electron chi connectivity index (χ4n) is 2.04. The number of hydrogen-bond donors (Lipinski definition) is 2. The highest BCUT2D eigenvalue weighted by Crippen LogP contribution is 2.18. The minimum Gasteiger partial charge on any atom is -0.481 e. The number of ether oxygens (including phenoxy) is 1. The molecule has 1 unspecified atom stereocenters. The lowest BCUT2D eigenvalue weighted by Crippen LogP contribution is -2.36. The minimum absolute atomic E-state index is 0.0598. The summed E-state index contributed by atoms with van der Waals surface area (Å²) < 4.78 is 5.73. The Bertz CT molecular complexity index is 485. The largest absolute Gasteiger partial charge is 0.481 e. The summed E-state index contributed by atoms with van der Waals surface area (Å²) in [6, 6.07) is 7.21. The van der Waals surface area contributed by atoms with Crippen LogP contribution in [0.3, 0.4) is 0 Å². The second-order valence-electron chi connectivity index (χ2n) is 4.61. The Morgan fingerprint density at radius 1 is 1.47 bits per heavy atom. The van der Waals surface area contributed by atoms with E-state index in [2.05, 4.69) is 10.5 Å². The maximum atomic E-state index is 11.8. The van der Waals surface area contributed by atoms with Crippen LogP contribution in [0, 0.1) is 0 Å². The maximum Gasteiger partial charge on any atom is 0.261 e. The Kier molecular flexibility index (Phi) is 4.39. The predicted octanol–water partition coefficient (Wildman–Crippen LogP) is 1.93. The van der Waals surface area contributed by atoms with Crippen molar-refractivity contribution in [2.45, 2.75) is 32.3 Å². The molecule has 5 heteroatoms. The lowest BCUT2D eigenvalue weighted by Gasteiger charge is -2.16. The van der Waals surface area contributed by atoms with Gasteiger partial charge in [-0.1, -0.05) is 17.3 Å². The third-order valence-electron chi connectivity index (χ3n) is 3.16. The summed E-state index contributed by atoms with van der Waals surface area (Å²) in [5.74, 6) is 0.554. The molecule has 1 aromatic carbocycles. The van der Waals surface area contributed by atoms with Crippen LogP contribution < -0.4 is 10.1 Å². The Morgan fingerprint density at radius 3 is 3.11 bits per heavy atom. The Balaban J connectivity index is 2.11. The number of nitrogens with zero attached hydrogens (tertiary/aromatic N) is 1. The van der Waals surface area contributed by atoms with Crippen molar-refractivity contribution in [2.75, 3.05) is 6.54 Å². The van der Waals surface area contributed by atoms with E-state index >= 15 is 0 Å².